The summed E-state index contributed by atoms with van der Waals surface area (Å²) in [7, 11) is -6.83. The third kappa shape index (κ3) is 3.40. The Morgan fingerprint density at radius 1 is 1.24 bits per heavy atom. The van der Waals surface area contributed by atoms with Crippen molar-refractivity contribution in [2.45, 2.75) is 50.3 Å². The molecule has 122 valence electrons. The number of aliphatic carboxylic acids is 1. The van der Waals surface area contributed by atoms with Gasteiger partial charge >= 0.3 is 5.97 Å². The van der Waals surface area contributed by atoms with E-state index in [1.807, 2.05) is 0 Å². The van der Waals surface area contributed by atoms with Crippen LogP contribution in [0.15, 0.2) is 0 Å². The van der Waals surface area contributed by atoms with Gasteiger partial charge in [0.05, 0.1) is 22.2 Å². The molecule has 2 unspecified atom stereocenters. The highest BCUT2D eigenvalue weighted by molar-refractivity contribution is 7.92. The third-order valence-corrected chi connectivity index (χ3v) is 8.37. The summed E-state index contributed by atoms with van der Waals surface area (Å²) in [6.45, 7) is 1.56. The van der Waals surface area contributed by atoms with Gasteiger partial charge in [-0.3, -0.25) is 4.79 Å². The Hall–Kier alpha value is -0.670. The van der Waals surface area contributed by atoms with Gasteiger partial charge in [-0.25, -0.2) is 21.6 Å². The maximum Gasteiger partial charge on any atom is 0.310 e. The zero-order chi connectivity index (χ0) is 15.9. The Labute approximate surface area is 125 Å². The van der Waals surface area contributed by atoms with Gasteiger partial charge in [-0.15, -0.1) is 0 Å². The van der Waals surface area contributed by atoms with Crippen LogP contribution in [0.2, 0.25) is 0 Å². The van der Waals surface area contributed by atoms with Crippen LogP contribution >= 0.6 is 0 Å². The van der Waals surface area contributed by atoms with Gasteiger partial charge in [0, 0.05) is 6.04 Å². The van der Waals surface area contributed by atoms with Crippen LogP contribution in [-0.4, -0.2) is 50.7 Å². The highest BCUT2D eigenvalue weighted by atomic mass is 32.2. The van der Waals surface area contributed by atoms with Crippen LogP contribution < -0.4 is 4.72 Å². The van der Waals surface area contributed by atoms with Crippen LogP contribution in [0.25, 0.3) is 0 Å². The third-order valence-electron chi connectivity index (χ3n) is 4.69. The van der Waals surface area contributed by atoms with E-state index in [4.69, 9.17) is 0 Å². The van der Waals surface area contributed by atoms with E-state index in [1.54, 1.807) is 6.92 Å². The first kappa shape index (κ1) is 16.7. The lowest BCUT2D eigenvalue weighted by Gasteiger charge is -2.30. The molecule has 1 aliphatic heterocycles. The zero-order valence-corrected chi connectivity index (χ0v) is 13.5. The fraction of sp³-hybridized carbons (Fsp3) is 0.917. The van der Waals surface area contributed by atoms with E-state index in [-0.39, 0.29) is 24.3 Å². The fourth-order valence-electron chi connectivity index (χ4n) is 3.08. The molecule has 1 aliphatic carbocycles. The van der Waals surface area contributed by atoms with Crippen molar-refractivity contribution in [2.24, 2.45) is 5.41 Å². The number of rotatable bonds is 4. The van der Waals surface area contributed by atoms with Gasteiger partial charge in [0.1, 0.15) is 9.84 Å². The molecule has 0 radical (unpaired) electrons. The number of carboxylic acid groups (broad SMARTS) is 1. The SMILES string of the molecule is CC1(C(=O)O)CCCC1NS(=O)(=O)C1CCS(=O)(=O)CC1. The first-order valence-corrected chi connectivity index (χ1v) is 10.4. The molecule has 2 aliphatic rings. The van der Waals surface area contributed by atoms with Crippen molar-refractivity contribution in [3.8, 4) is 0 Å². The second-order valence-corrected chi connectivity index (χ2v) is 10.5. The Morgan fingerprint density at radius 3 is 2.33 bits per heavy atom. The van der Waals surface area contributed by atoms with Gasteiger partial charge in [0.15, 0.2) is 0 Å². The topological polar surface area (TPSA) is 118 Å². The average molecular weight is 339 g/mol. The second kappa shape index (κ2) is 5.51. The van der Waals surface area contributed by atoms with Gasteiger partial charge < -0.3 is 5.11 Å². The molecule has 0 bridgehead atoms. The summed E-state index contributed by atoms with van der Waals surface area (Å²) in [6, 6.07) is -0.626. The molecule has 2 rings (SSSR count). The Balaban J connectivity index is 2.10. The van der Waals surface area contributed by atoms with Crippen molar-refractivity contribution in [1.82, 2.24) is 4.72 Å². The van der Waals surface area contributed by atoms with Crippen LogP contribution in [0.4, 0.5) is 0 Å². The number of sulfonamides is 1. The predicted octanol–water partition coefficient (Wildman–Crippen LogP) is 0.126. The van der Waals surface area contributed by atoms with E-state index < -0.39 is 42.5 Å². The number of nitrogens with one attached hydrogen (secondary N) is 1. The van der Waals surface area contributed by atoms with E-state index in [0.29, 0.717) is 19.3 Å². The minimum Gasteiger partial charge on any atom is -0.481 e. The highest BCUT2D eigenvalue weighted by Gasteiger charge is 2.47. The lowest BCUT2D eigenvalue weighted by molar-refractivity contribution is -0.148. The van der Waals surface area contributed by atoms with Gasteiger partial charge in [0.2, 0.25) is 10.0 Å². The van der Waals surface area contributed by atoms with E-state index in [0.717, 1.165) is 0 Å². The van der Waals surface area contributed by atoms with Crippen molar-refractivity contribution < 1.29 is 26.7 Å². The molecular formula is C12H21NO6S2. The van der Waals surface area contributed by atoms with Crippen LogP contribution in [0, 0.1) is 5.41 Å². The van der Waals surface area contributed by atoms with Gasteiger partial charge in [-0.05, 0) is 32.6 Å². The predicted molar refractivity (Wildman–Crippen MR) is 77.1 cm³/mol. The smallest absolute Gasteiger partial charge is 0.310 e. The fourth-order valence-corrected chi connectivity index (χ4v) is 6.70. The van der Waals surface area contributed by atoms with Crippen molar-refractivity contribution in [2.75, 3.05) is 11.5 Å². The second-order valence-electron chi connectivity index (χ2n) is 6.18. The molecule has 0 aromatic rings. The molecule has 21 heavy (non-hydrogen) atoms. The average Bonchev–Trinajstić information content (AvgIpc) is 2.71. The Kier molecular flexibility index (Phi) is 4.38. The van der Waals surface area contributed by atoms with Crippen molar-refractivity contribution in [3.05, 3.63) is 0 Å². The molecule has 1 saturated heterocycles. The van der Waals surface area contributed by atoms with E-state index in [9.17, 15) is 26.7 Å². The van der Waals surface area contributed by atoms with Crippen molar-refractivity contribution in [1.29, 1.82) is 0 Å². The van der Waals surface area contributed by atoms with Gasteiger partial charge in [-0.1, -0.05) is 6.42 Å². The van der Waals surface area contributed by atoms with Crippen LogP contribution in [-0.2, 0) is 24.7 Å². The van der Waals surface area contributed by atoms with E-state index >= 15 is 0 Å². The lowest BCUT2D eigenvalue weighted by atomic mass is 9.85. The Bertz CT molecular complexity index is 612. The summed E-state index contributed by atoms with van der Waals surface area (Å²) >= 11 is 0. The molecule has 1 heterocycles. The van der Waals surface area contributed by atoms with Crippen LogP contribution in [0.5, 0.6) is 0 Å². The van der Waals surface area contributed by atoms with E-state index in [1.165, 1.54) is 0 Å². The minimum absolute atomic E-state index is 0.0776. The van der Waals surface area contributed by atoms with Crippen LogP contribution in [0.1, 0.15) is 39.0 Å². The summed E-state index contributed by atoms with van der Waals surface area (Å²) < 4.78 is 50.0. The standard InChI is InChI=1S/C12H21NO6S2/c1-12(11(14)15)6-2-3-10(12)13-21(18,19)9-4-7-20(16,17)8-5-9/h9-10,13H,2-8H2,1H3,(H,14,15). The van der Waals surface area contributed by atoms with E-state index in [2.05, 4.69) is 4.72 Å². The van der Waals surface area contributed by atoms with Gasteiger partial charge in [0.25, 0.3) is 0 Å². The molecule has 1 saturated carbocycles. The van der Waals surface area contributed by atoms with Crippen molar-refractivity contribution in [3.63, 3.8) is 0 Å². The molecule has 0 aromatic heterocycles. The molecule has 7 nitrogen and oxygen atoms in total. The first-order chi connectivity index (χ1) is 9.57. The summed E-state index contributed by atoms with van der Waals surface area (Å²) in [5.74, 6) is -1.25. The monoisotopic (exact) mass is 339 g/mol. The summed E-state index contributed by atoms with van der Waals surface area (Å²) in [6.07, 6.45) is 1.75. The number of carbonyl (C=O) groups is 1. The number of hydrogen-bond acceptors (Lipinski definition) is 5. The molecule has 2 atom stereocenters. The summed E-state index contributed by atoms with van der Waals surface area (Å²) in [5.41, 5.74) is -1.09. The maximum absolute atomic E-state index is 12.4. The molecule has 9 heteroatoms. The number of carboxylic acids is 1. The van der Waals surface area contributed by atoms with Crippen LogP contribution in [0.3, 0.4) is 0 Å². The number of sulfone groups is 1. The number of hydrogen-bond donors (Lipinski definition) is 2. The highest BCUT2D eigenvalue weighted by Crippen LogP contribution is 2.39. The summed E-state index contributed by atoms with van der Waals surface area (Å²) in [5, 5.41) is 8.55. The Morgan fingerprint density at radius 2 is 1.81 bits per heavy atom. The molecule has 0 amide bonds. The lowest BCUT2D eigenvalue weighted by Crippen LogP contribution is -2.50. The molecule has 2 fully saturated rings. The molecule has 0 aromatic carbocycles. The van der Waals surface area contributed by atoms with Crippen molar-refractivity contribution >= 4 is 25.8 Å². The largest absolute Gasteiger partial charge is 0.481 e. The maximum atomic E-state index is 12.4. The van der Waals surface area contributed by atoms with Gasteiger partial charge in [-0.2, -0.15) is 0 Å². The normalized spacial score (nSPS) is 33.9. The zero-order valence-electron chi connectivity index (χ0n) is 11.9. The molecular weight excluding hydrogens is 318 g/mol. The minimum atomic E-state index is -3.70. The molecule has 0 spiro atoms. The quantitative estimate of drug-likeness (QED) is 0.751. The summed E-state index contributed by atoms with van der Waals surface area (Å²) in [4.78, 5) is 11.4. The molecule has 2 N–H and O–H groups in total. The first-order valence-electron chi connectivity index (χ1n) is 7.02.